The van der Waals surface area contributed by atoms with Crippen LogP contribution in [0.25, 0.3) is 0 Å². The van der Waals surface area contributed by atoms with Gasteiger partial charge in [0, 0.05) is 23.7 Å². The van der Waals surface area contributed by atoms with Gasteiger partial charge in [-0.15, -0.1) is 11.3 Å². The van der Waals surface area contributed by atoms with Gasteiger partial charge in [0.05, 0.1) is 18.2 Å². The number of rotatable bonds is 5. The van der Waals surface area contributed by atoms with Gasteiger partial charge in [-0.05, 0) is 31.2 Å². The summed E-state index contributed by atoms with van der Waals surface area (Å²) < 4.78 is 1.65. The van der Waals surface area contributed by atoms with Crippen molar-refractivity contribution in [3.63, 3.8) is 0 Å². The summed E-state index contributed by atoms with van der Waals surface area (Å²) in [4.78, 5) is 14.2. The third-order valence-corrected chi connectivity index (χ3v) is 6.13. The minimum Gasteiger partial charge on any atom is -0.383 e. The standard InChI is InChI=1S/C18H25N3O2S/c1-17(23,14-11-20-21(2)12-14)13-19-16(22)18(8-4-3-5-9-18)15-7-6-10-24-15/h6-7,10-12,23H,3-5,8-9,13H2,1-2H3,(H,19,22)/t17-/m0/s1. The first-order valence-electron chi connectivity index (χ1n) is 8.48. The highest BCUT2D eigenvalue weighted by atomic mass is 32.1. The van der Waals surface area contributed by atoms with Gasteiger partial charge in [-0.1, -0.05) is 25.3 Å². The summed E-state index contributed by atoms with van der Waals surface area (Å²) in [7, 11) is 1.81. The number of nitrogens with one attached hydrogen (secondary N) is 1. The molecule has 2 N–H and O–H groups in total. The lowest BCUT2D eigenvalue weighted by molar-refractivity contribution is -0.129. The minimum atomic E-state index is -1.13. The van der Waals surface area contributed by atoms with E-state index in [1.54, 1.807) is 35.3 Å². The van der Waals surface area contributed by atoms with Gasteiger partial charge in [0.25, 0.3) is 0 Å². The lowest BCUT2D eigenvalue weighted by Crippen LogP contribution is -2.49. The third-order valence-electron chi connectivity index (χ3n) is 5.05. The number of thiophene rings is 1. The average Bonchev–Trinajstić information content (AvgIpc) is 3.25. The van der Waals surface area contributed by atoms with Crippen LogP contribution in [0.4, 0.5) is 0 Å². The van der Waals surface area contributed by atoms with E-state index in [2.05, 4.69) is 16.5 Å². The quantitative estimate of drug-likeness (QED) is 0.874. The van der Waals surface area contributed by atoms with Gasteiger partial charge < -0.3 is 10.4 Å². The Morgan fingerprint density at radius 1 is 1.46 bits per heavy atom. The molecule has 1 aliphatic rings. The Labute approximate surface area is 146 Å². The Balaban J connectivity index is 1.75. The zero-order chi connectivity index (χ0) is 17.2. The van der Waals surface area contributed by atoms with Crippen molar-refractivity contribution in [1.29, 1.82) is 0 Å². The zero-order valence-electron chi connectivity index (χ0n) is 14.3. The van der Waals surface area contributed by atoms with Crippen LogP contribution >= 0.6 is 11.3 Å². The molecule has 0 unspecified atom stereocenters. The number of carbonyl (C=O) groups excluding carboxylic acids is 1. The van der Waals surface area contributed by atoms with Crippen molar-refractivity contribution in [2.24, 2.45) is 7.05 Å². The van der Waals surface area contributed by atoms with Crippen LogP contribution in [-0.4, -0.2) is 27.3 Å². The van der Waals surface area contributed by atoms with Crippen molar-refractivity contribution in [3.8, 4) is 0 Å². The Morgan fingerprint density at radius 2 is 2.21 bits per heavy atom. The van der Waals surface area contributed by atoms with E-state index in [0.717, 1.165) is 30.6 Å². The Morgan fingerprint density at radius 3 is 2.79 bits per heavy atom. The number of hydrogen-bond acceptors (Lipinski definition) is 4. The number of nitrogens with zero attached hydrogens (tertiary/aromatic N) is 2. The normalized spacial score (nSPS) is 19.6. The van der Waals surface area contributed by atoms with Crippen LogP contribution in [0.1, 0.15) is 49.5 Å². The maximum atomic E-state index is 13.1. The van der Waals surface area contributed by atoms with E-state index < -0.39 is 11.0 Å². The summed E-state index contributed by atoms with van der Waals surface area (Å²) >= 11 is 1.65. The predicted octanol–water partition coefficient (Wildman–Crippen LogP) is 2.71. The molecule has 6 heteroatoms. The van der Waals surface area contributed by atoms with E-state index in [0.29, 0.717) is 5.56 Å². The summed E-state index contributed by atoms with van der Waals surface area (Å²) in [6, 6.07) is 4.07. The molecule has 1 fully saturated rings. The van der Waals surface area contributed by atoms with Crippen molar-refractivity contribution in [1.82, 2.24) is 15.1 Å². The lowest BCUT2D eigenvalue weighted by atomic mass is 9.72. The molecule has 0 aliphatic heterocycles. The monoisotopic (exact) mass is 347 g/mol. The summed E-state index contributed by atoms with van der Waals surface area (Å²) in [5.41, 5.74) is -0.855. The molecule has 0 radical (unpaired) electrons. The molecule has 24 heavy (non-hydrogen) atoms. The third kappa shape index (κ3) is 3.26. The molecule has 0 saturated heterocycles. The maximum Gasteiger partial charge on any atom is 0.231 e. The van der Waals surface area contributed by atoms with Crippen molar-refractivity contribution >= 4 is 17.2 Å². The Bertz CT molecular complexity index is 685. The second-order valence-corrected chi connectivity index (χ2v) is 7.93. The number of hydrogen-bond donors (Lipinski definition) is 2. The fourth-order valence-electron chi connectivity index (χ4n) is 3.51. The van der Waals surface area contributed by atoms with Gasteiger partial charge in [-0.25, -0.2) is 0 Å². The Hall–Kier alpha value is -1.66. The molecular weight excluding hydrogens is 322 g/mol. The van der Waals surface area contributed by atoms with Gasteiger partial charge in [0.1, 0.15) is 5.60 Å². The fourth-order valence-corrected chi connectivity index (χ4v) is 4.50. The van der Waals surface area contributed by atoms with Crippen molar-refractivity contribution in [3.05, 3.63) is 40.3 Å². The molecule has 130 valence electrons. The van der Waals surface area contributed by atoms with Gasteiger partial charge in [-0.2, -0.15) is 5.10 Å². The topological polar surface area (TPSA) is 67.2 Å². The second-order valence-electron chi connectivity index (χ2n) is 6.98. The van der Waals surface area contributed by atoms with Gasteiger partial charge in [0.2, 0.25) is 5.91 Å². The molecule has 0 spiro atoms. The van der Waals surface area contributed by atoms with E-state index in [9.17, 15) is 9.90 Å². The maximum absolute atomic E-state index is 13.1. The van der Waals surface area contributed by atoms with E-state index in [1.165, 1.54) is 6.42 Å². The van der Waals surface area contributed by atoms with Gasteiger partial charge >= 0.3 is 0 Å². The van der Waals surface area contributed by atoms with E-state index in [1.807, 2.05) is 18.5 Å². The molecule has 1 amide bonds. The number of aryl methyl sites for hydroxylation is 1. The first-order valence-corrected chi connectivity index (χ1v) is 9.36. The second kappa shape index (κ2) is 6.69. The summed E-state index contributed by atoms with van der Waals surface area (Å²) in [5.74, 6) is 0.0359. The summed E-state index contributed by atoms with van der Waals surface area (Å²) in [6.07, 6.45) is 8.52. The van der Waals surface area contributed by atoms with E-state index in [-0.39, 0.29) is 12.5 Å². The van der Waals surface area contributed by atoms with Crippen LogP contribution in [0.15, 0.2) is 29.9 Å². The number of aliphatic hydroxyl groups is 1. The van der Waals surface area contributed by atoms with E-state index in [4.69, 9.17) is 0 Å². The number of aromatic nitrogens is 2. The lowest BCUT2D eigenvalue weighted by Gasteiger charge is -2.36. The molecular formula is C18H25N3O2S. The molecule has 5 nitrogen and oxygen atoms in total. The number of amides is 1. The number of carbonyl (C=O) groups is 1. The predicted molar refractivity (Wildman–Crippen MR) is 94.9 cm³/mol. The van der Waals surface area contributed by atoms with Crippen molar-refractivity contribution in [2.75, 3.05) is 6.54 Å². The fraction of sp³-hybridized carbons (Fsp3) is 0.556. The summed E-state index contributed by atoms with van der Waals surface area (Å²) in [6.45, 7) is 1.90. The van der Waals surface area contributed by atoms with Crippen LogP contribution < -0.4 is 5.32 Å². The molecule has 1 atom stereocenters. The molecule has 0 bridgehead atoms. The summed E-state index contributed by atoms with van der Waals surface area (Å²) in [5, 5.41) is 19.8. The van der Waals surface area contributed by atoms with Crippen LogP contribution in [0.5, 0.6) is 0 Å². The molecule has 2 heterocycles. The average molecular weight is 347 g/mol. The van der Waals surface area contributed by atoms with Crippen molar-refractivity contribution < 1.29 is 9.90 Å². The van der Waals surface area contributed by atoms with Crippen LogP contribution in [0.2, 0.25) is 0 Å². The molecule has 1 saturated carbocycles. The molecule has 0 aromatic carbocycles. The van der Waals surface area contributed by atoms with Gasteiger partial charge in [0.15, 0.2) is 0 Å². The Kier molecular flexibility index (Phi) is 4.78. The minimum absolute atomic E-state index is 0.0359. The highest BCUT2D eigenvalue weighted by Crippen LogP contribution is 2.41. The van der Waals surface area contributed by atoms with Crippen LogP contribution in [0, 0.1) is 0 Å². The smallest absolute Gasteiger partial charge is 0.231 e. The zero-order valence-corrected chi connectivity index (χ0v) is 15.1. The first kappa shape index (κ1) is 17.2. The first-order chi connectivity index (χ1) is 11.4. The molecule has 2 aromatic rings. The molecule has 3 rings (SSSR count). The highest BCUT2D eigenvalue weighted by molar-refractivity contribution is 7.10. The van der Waals surface area contributed by atoms with Crippen LogP contribution in [-0.2, 0) is 22.9 Å². The SMILES string of the molecule is Cn1cc([C@@](C)(O)CNC(=O)C2(c3cccs3)CCCCC2)cn1. The van der Waals surface area contributed by atoms with Crippen molar-refractivity contribution in [2.45, 2.75) is 50.0 Å². The van der Waals surface area contributed by atoms with Gasteiger partial charge in [-0.3, -0.25) is 9.48 Å². The molecule has 2 aromatic heterocycles. The van der Waals surface area contributed by atoms with Crippen LogP contribution in [0.3, 0.4) is 0 Å². The largest absolute Gasteiger partial charge is 0.383 e. The van der Waals surface area contributed by atoms with E-state index >= 15 is 0 Å². The highest BCUT2D eigenvalue weighted by Gasteiger charge is 2.42. The molecule has 1 aliphatic carbocycles.